The lowest BCUT2D eigenvalue weighted by molar-refractivity contribution is -0.130. The Kier molecular flexibility index (Phi) is 4.18. The predicted octanol–water partition coefficient (Wildman–Crippen LogP) is 0.00620. The number of aliphatic hydroxyl groups excluding tert-OH is 1. The van der Waals surface area contributed by atoms with E-state index in [2.05, 4.69) is 0 Å². The molecule has 0 saturated carbocycles. The van der Waals surface area contributed by atoms with Crippen molar-refractivity contribution in [3.63, 3.8) is 0 Å². The molecule has 1 rings (SSSR count). The number of aliphatic hydroxyl groups is 1. The molecule has 0 aromatic rings. The highest BCUT2D eigenvalue weighted by molar-refractivity contribution is 5.73. The summed E-state index contributed by atoms with van der Waals surface area (Å²) in [4.78, 5) is 13.0. The molecule has 0 aliphatic carbocycles. The molecule has 1 heterocycles. The maximum Gasteiger partial charge on any atom is 0.219 e. The number of ether oxygens (including phenoxy) is 1. The van der Waals surface area contributed by atoms with Gasteiger partial charge in [0.2, 0.25) is 5.91 Å². The Labute approximate surface area is 78.5 Å². The van der Waals surface area contributed by atoms with Crippen LogP contribution in [0.25, 0.3) is 0 Å². The van der Waals surface area contributed by atoms with Crippen molar-refractivity contribution in [3.8, 4) is 0 Å². The first-order valence-corrected chi connectivity index (χ1v) is 4.71. The number of carbonyl (C=O) groups is 1. The van der Waals surface area contributed by atoms with Gasteiger partial charge in [-0.2, -0.15) is 0 Å². The third-order valence-electron chi connectivity index (χ3n) is 2.33. The molecule has 1 amide bonds. The van der Waals surface area contributed by atoms with Crippen LogP contribution in [0.1, 0.15) is 19.8 Å². The summed E-state index contributed by atoms with van der Waals surface area (Å²) < 4.78 is 5.20. The maximum atomic E-state index is 11.1. The van der Waals surface area contributed by atoms with Gasteiger partial charge in [-0.15, -0.1) is 0 Å². The van der Waals surface area contributed by atoms with E-state index in [1.54, 1.807) is 6.92 Å². The summed E-state index contributed by atoms with van der Waals surface area (Å²) >= 11 is 0. The first-order valence-electron chi connectivity index (χ1n) is 4.71. The van der Waals surface area contributed by atoms with Crippen molar-refractivity contribution in [1.82, 2.24) is 4.90 Å². The number of rotatable bonds is 4. The van der Waals surface area contributed by atoms with Crippen molar-refractivity contribution in [3.05, 3.63) is 0 Å². The Balaban J connectivity index is 2.27. The van der Waals surface area contributed by atoms with E-state index >= 15 is 0 Å². The van der Waals surface area contributed by atoms with E-state index in [0.717, 1.165) is 19.4 Å². The van der Waals surface area contributed by atoms with Crippen molar-refractivity contribution < 1.29 is 14.6 Å². The van der Waals surface area contributed by atoms with Crippen LogP contribution in [-0.2, 0) is 9.53 Å². The minimum absolute atomic E-state index is 0.0484. The van der Waals surface area contributed by atoms with E-state index in [-0.39, 0.29) is 18.6 Å². The van der Waals surface area contributed by atoms with Crippen LogP contribution >= 0.6 is 0 Å². The van der Waals surface area contributed by atoms with Crippen molar-refractivity contribution in [2.45, 2.75) is 25.8 Å². The monoisotopic (exact) mass is 187 g/mol. The highest BCUT2D eigenvalue weighted by atomic mass is 16.5. The molecule has 0 aromatic carbocycles. The molecule has 4 nitrogen and oxygen atoms in total. The van der Waals surface area contributed by atoms with Crippen LogP contribution in [-0.4, -0.2) is 48.3 Å². The summed E-state index contributed by atoms with van der Waals surface area (Å²) in [5.41, 5.74) is 0. The zero-order valence-electron chi connectivity index (χ0n) is 8.03. The summed E-state index contributed by atoms with van der Waals surface area (Å²) in [6, 6.07) is 0.226. The SMILES string of the molecule is CC(=O)N1CCC[C@H]1COCCO. The van der Waals surface area contributed by atoms with E-state index < -0.39 is 0 Å². The molecule has 1 saturated heterocycles. The van der Waals surface area contributed by atoms with E-state index in [9.17, 15) is 4.79 Å². The van der Waals surface area contributed by atoms with Crippen molar-refractivity contribution >= 4 is 5.91 Å². The molecule has 76 valence electrons. The van der Waals surface area contributed by atoms with Gasteiger partial charge >= 0.3 is 0 Å². The van der Waals surface area contributed by atoms with Gasteiger partial charge in [0.15, 0.2) is 0 Å². The fourth-order valence-electron chi connectivity index (χ4n) is 1.71. The van der Waals surface area contributed by atoms with Crippen LogP contribution in [0.15, 0.2) is 0 Å². The molecule has 0 bridgehead atoms. The smallest absolute Gasteiger partial charge is 0.219 e. The number of likely N-dealkylation sites (tertiary alicyclic amines) is 1. The summed E-state index contributed by atoms with van der Waals surface area (Å²) in [6.45, 7) is 3.40. The molecule has 1 fully saturated rings. The third-order valence-corrected chi connectivity index (χ3v) is 2.33. The zero-order chi connectivity index (χ0) is 9.68. The van der Waals surface area contributed by atoms with Gasteiger partial charge in [-0.3, -0.25) is 4.79 Å². The second kappa shape index (κ2) is 5.19. The van der Waals surface area contributed by atoms with E-state index in [4.69, 9.17) is 9.84 Å². The fourth-order valence-corrected chi connectivity index (χ4v) is 1.71. The molecule has 1 aliphatic heterocycles. The summed E-state index contributed by atoms with van der Waals surface area (Å²) in [5, 5.41) is 8.51. The van der Waals surface area contributed by atoms with Gasteiger partial charge in [-0.05, 0) is 12.8 Å². The summed E-state index contributed by atoms with van der Waals surface area (Å²) in [6.07, 6.45) is 2.08. The normalized spacial score (nSPS) is 22.3. The van der Waals surface area contributed by atoms with Crippen LogP contribution in [0.3, 0.4) is 0 Å². The Bertz CT molecular complexity index is 172. The minimum atomic E-state index is 0.0484. The van der Waals surface area contributed by atoms with Crippen molar-refractivity contribution in [2.75, 3.05) is 26.4 Å². The summed E-state index contributed by atoms with van der Waals surface area (Å²) in [7, 11) is 0. The van der Waals surface area contributed by atoms with E-state index in [0.29, 0.717) is 13.2 Å². The second-order valence-corrected chi connectivity index (χ2v) is 3.31. The molecular weight excluding hydrogens is 170 g/mol. The van der Waals surface area contributed by atoms with Gasteiger partial charge in [0.1, 0.15) is 0 Å². The van der Waals surface area contributed by atoms with E-state index in [1.807, 2.05) is 4.90 Å². The lowest BCUT2D eigenvalue weighted by Gasteiger charge is -2.22. The lowest BCUT2D eigenvalue weighted by Crippen LogP contribution is -2.36. The molecule has 4 heteroatoms. The van der Waals surface area contributed by atoms with Gasteiger partial charge in [0.05, 0.1) is 25.9 Å². The lowest BCUT2D eigenvalue weighted by atomic mass is 10.2. The van der Waals surface area contributed by atoms with E-state index in [1.165, 1.54) is 0 Å². The molecule has 13 heavy (non-hydrogen) atoms. The average Bonchev–Trinajstić information content (AvgIpc) is 2.53. The zero-order valence-corrected chi connectivity index (χ0v) is 8.03. The van der Waals surface area contributed by atoms with Gasteiger partial charge in [0.25, 0.3) is 0 Å². The van der Waals surface area contributed by atoms with Gasteiger partial charge in [0, 0.05) is 13.5 Å². The molecule has 0 aromatic heterocycles. The molecule has 1 aliphatic rings. The number of nitrogens with zero attached hydrogens (tertiary/aromatic N) is 1. The van der Waals surface area contributed by atoms with Crippen molar-refractivity contribution in [2.24, 2.45) is 0 Å². The first kappa shape index (κ1) is 10.5. The standard InChI is InChI=1S/C9H17NO3/c1-8(12)10-4-2-3-9(10)7-13-6-5-11/h9,11H,2-7H2,1H3/t9-/m0/s1. The molecule has 0 spiro atoms. The van der Waals surface area contributed by atoms with Crippen LogP contribution in [0.5, 0.6) is 0 Å². The highest BCUT2D eigenvalue weighted by Gasteiger charge is 2.26. The average molecular weight is 187 g/mol. The highest BCUT2D eigenvalue weighted by Crippen LogP contribution is 2.17. The Morgan fingerprint density at radius 1 is 1.69 bits per heavy atom. The number of hydrogen-bond acceptors (Lipinski definition) is 3. The Morgan fingerprint density at radius 2 is 2.46 bits per heavy atom. The molecule has 1 N–H and O–H groups in total. The van der Waals surface area contributed by atoms with Gasteiger partial charge in [-0.25, -0.2) is 0 Å². The fraction of sp³-hybridized carbons (Fsp3) is 0.889. The van der Waals surface area contributed by atoms with Crippen LogP contribution in [0.4, 0.5) is 0 Å². The first-order chi connectivity index (χ1) is 6.25. The van der Waals surface area contributed by atoms with Gasteiger partial charge < -0.3 is 14.7 Å². The molecular formula is C9H17NO3. The van der Waals surface area contributed by atoms with Crippen LogP contribution in [0, 0.1) is 0 Å². The number of hydrogen-bond donors (Lipinski definition) is 1. The largest absolute Gasteiger partial charge is 0.394 e. The molecule has 0 unspecified atom stereocenters. The van der Waals surface area contributed by atoms with Crippen LogP contribution in [0.2, 0.25) is 0 Å². The van der Waals surface area contributed by atoms with Crippen LogP contribution < -0.4 is 0 Å². The van der Waals surface area contributed by atoms with Crippen molar-refractivity contribution in [1.29, 1.82) is 0 Å². The quantitative estimate of drug-likeness (QED) is 0.630. The second-order valence-electron chi connectivity index (χ2n) is 3.31. The molecule has 0 radical (unpaired) electrons. The third kappa shape index (κ3) is 2.97. The number of carbonyl (C=O) groups excluding carboxylic acids is 1. The topological polar surface area (TPSA) is 49.8 Å². The minimum Gasteiger partial charge on any atom is -0.394 e. The Morgan fingerprint density at radius 3 is 3.08 bits per heavy atom. The Hall–Kier alpha value is -0.610. The predicted molar refractivity (Wildman–Crippen MR) is 48.3 cm³/mol. The molecule has 1 atom stereocenters. The number of amides is 1. The maximum absolute atomic E-state index is 11.1. The summed E-state index contributed by atoms with van der Waals surface area (Å²) in [5.74, 6) is 0.120. The van der Waals surface area contributed by atoms with Gasteiger partial charge in [-0.1, -0.05) is 0 Å².